The van der Waals surface area contributed by atoms with Crippen molar-refractivity contribution < 1.29 is 80.2 Å². The van der Waals surface area contributed by atoms with E-state index in [-0.39, 0.29) is 25.7 Å². The Bertz CT molecular complexity index is 2660. The zero-order valence-corrected chi connectivity index (χ0v) is 69.3. The molecule has 0 saturated heterocycles. The summed E-state index contributed by atoms with van der Waals surface area (Å²) in [7, 11) is -10.0. The van der Waals surface area contributed by atoms with Gasteiger partial charge < -0.3 is 33.8 Å². The molecule has 0 aromatic rings. The molecule has 0 aromatic heterocycles. The summed E-state index contributed by atoms with van der Waals surface area (Å²) in [4.78, 5) is 73.1. The number of carbonyl (C=O) groups is 4. The van der Waals surface area contributed by atoms with Gasteiger partial charge >= 0.3 is 39.5 Å². The van der Waals surface area contributed by atoms with Crippen LogP contribution in [0.3, 0.4) is 0 Å². The molecule has 5 atom stereocenters. The summed E-state index contributed by atoms with van der Waals surface area (Å²) in [6.07, 6.45) is 93.7. The van der Waals surface area contributed by atoms with Crippen LogP contribution in [0.4, 0.5) is 0 Å². The predicted molar refractivity (Wildman–Crippen MR) is 445 cm³/mol. The Kier molecular flexibility index (Phi) is 75.8. The monoisotopic (exact) mass is 1550 g/mol. The Morgan fingerprint density at radius 1 is 0.269 bits per heavy atom. The summed E-state index contributed by atoms with van der Waals surface area (Å²) in [6, 6.07) is 0. The minimum Gasteiger partial charge on any atom is -0.462 e. The number of allylic oxidation sites excluding steroid dienone is 26. The molecule has 0 saturated carbocycles. The van der Waals surface area contributed by atoms with Crippen LogP contribution in [0.15, 0.2) is 158 Å². The molecule has 0 bridgehead atoms. The summed E-state index contributed by atoms with van der Waals surface area (Å²) in [6.45, 7) is 4.51. The van der Waals surface area contributed by atoms with E-state index in [4.69, 9.17) is 37.0 Å². The standard InChI is InChI=1S/C89H148O17P2/c1-5-9-13-17-21-25-29-33-37-39-41-43-47-49-53-57-61-65-69-73-86(91)99-79-84(105-88(93)75-71-67-63-59-55-51-45-35-31-27-23-19-15-11-7-3)81-103-107(95,96)101-77-83(90)78-102-108(97,98)104-82-85(106-89(94)76-72-68-64-60-56-52-46-36-32-28-24-20-16-12-8-4)80-100-87(92)74-70-66-62-58-54-50-48-44-42-40-38-34-30-26-22-18-14-10-6-2/h9-10,13-14,21-22,25-27,31,33-34,36-38,41-44,46,49-50,53-54,62,66,83-85,90H,5-8,11-12,15-20,23-24,28-30,32,35,39-40,45,47-48,51-52,55-61,63-65,67-82H2,1-4H3,(H,95,96)(H,97,98)/b13-9-,14-10-,25-21-,26-22-,31-27-,37-33-,38-34-,43-41-,44-42-,46-36-,53-49-,54-50-,66-62-/t83-,84+,85+/m0/s1. The Labute approximate surface area is 655 Å². The number of rotatable bonds is 77. The van der Waals surface area contributed by atoms with E-state index in [1.165, 1.54) is 64.2 Å². The van der Waals surface area contributed by atoms with Gasteiger partial charge in [0.15, 0.2) is 12.2 Å². The zero-order chi connectivity index (χ0) is 78.9. The first-order valence-corrected chi connectivity index (χ1v) is 44.7. The number of phosphoric acid groups is 2. The van der Waals surface area contributed by atoms with Crippen molar-refractivity contribution in [2.24, 2.45) is 0 Å². The minimum absolute atomic E-state index is 0.0303. The number of esters is 4. The average molecular weight is 1550 g/mol. The van der Waals surface area contributed by atoms with Crippen LogP contribution in [0, 0.1) is 0 Å². The number of phosphoric ester groups is 2. The van der Waals surface area contributed by atoms with Gasteiger partial charge in [-0.05, 0) is 161 Å². The minimum atomic E-state index is -5.01. The molecule has 0 spiro atoms. The molecule has 0 aliphatic rings. The van der Waals surface area contributed by atoms with Gasteiger partial charge in [-0.1, -0.05) is 295 Å². The van der Waals surface area contributed by atoms with Crippen molar-refractivity contribution in [3.8, 4) is 0 Å². The van der Waals surface area contributed by atoms with Crippen LogP contribution < -0.4 is 0 Å². The lowest BCUT2D eigenvalue weighted by atomic mass is 10.1. The van der Waals surface area contributed by atoms with E-state index >= 15 is 0 Å². The second-order valence-corrected chi connectivity index (χ2v) is 30.2. The Morgan fingerprint density at radius 2 is 0.500 bits per heavy atom. The van der Waals surface area contributed by atoms with Crippen LogP contribution in [0.1, 0.15) is 323 Å². The molecule has 0 aliphatic heterocycles. The van der Waals surface area contributed by atoms with Gasteiger partial charge in [-0.25, -0.2) is 9.13 Å². The number of aliphatic hydroxyl groups is 1. The quantitative estimate of drug-likeness (QED) is 0.0169. The Hall–Kier alpha value is -5.32. The van der Waals surface area contributed by atoms with Crippen molar-refractivity contribution >= 4 is 39.5 Å². The van der Waals surface area contributed by atoms with Crippen LogP contribution in [0.2, 0.25) is 0 Å². The van der Waals surface area contributed by atoms with Gasteiger partial charge in [-0.3, -0.25) is 37.3 Å². The normalized spacial score (nSPS) is 14.6. The molecule has 0 aliphatic carbocycles. The lowest BCUT2D eigenvalue weighted by molar-refractivity contribution is -0.161. The third kappa shape index (κ3) is 78.8. The van der Waals surface area contributed by atoms with E-state index in [2.05, 4.69) is 167 Å². The van der Waals surface area contributed by atoms with E-state index in [0.29, 0.717) is 32.1 Å². The molecular formula is C89H148O17P2. The highest BCUT2D eigenvalue weighted by atomic mass is 31.2. The number of unbranched alkanes of at least 4 members (excludes halogenated alkanes) is 25. The smallest absolute Gasteiger partial charge is 0.462 e. The molecule has 3 N–H and O–H groups in total. The molecule has 616 valence electrons. The van der Waals surface area contributed by atoms with E-state index in [9.17, 15) is 43.2 Å². The van der Waals surface area contributed by atoms with Gasteiger partial charge in [0.1, 0.15) is 19.3 Å². The lowest BCUT2D eigenvalue weighted by Gasteiger charge is -2.21. The van der Waals surface area contributed by atoms with Gasteiger partial charge in [0, 0.05) is 25.7 Å². The third-order valence-corrected chi connectivity index (χ3v) is 18.9. The summed E-state index contributed by atoms with van der Waals surface area (Å²) < 4.78 is 68.6. The SMILES string of the molecule is CC/C=C\C/C=C\C/C=C\C/C=C\C/C=C\C/C=C\CCC(=O)OC[C@H](COP(=O)(O)OC[C@@H](O)COP(=O)(O)OC[C@@H](COC(=O)CCCCC/C=C\C/C=C\C/C=C\C/C=C\C/C=C\CC)OC(=O)CCCCCCCCC/C=C\CCCCCC)OC(=O)CCCCCCC/C=C\CCCCCCCC. The van der Waals surface area contributed by atoms with Crippen molar-refractivity contribution in [1.82, 2.24) is 0 Å². The van der Waals surface area contributed by atoms with Crippen molar-refractivity contribution in [2.45, 2.75) is 341 Å². The van der Waals surface area contributed by atoms with Crippen LogP contribution in [0.25, 0.3) is 0 Å². The first-order chi connectivity index (χ1) is 52.7. The second kappa shape index (κ2) is 79.8. The highest BCUT2D eigenvalue weighted by molar-refractivity contribution is 7.47. The average Bonchev–Trinajstić information content (AvgIpc) is 0.923. The first kappa shape index (κ1) is 103. The maximum absolute atomic E-state index is 13.1. The Balaban J connectivity index is 5.47. The maximum Gasteiger partial charge on any atom is 0.472 e. The Morgan fingerprint density at radius 3 is 0.824 bits per heavy atom. The fourth-order valence-electron chi connectivity index (χ4n) is 10.7. The molecule has 19 heteroatoms. The van der Waals surface area contributed by atoms with E-state index in [1.54, 1.807) is 0 Å². The number of ether oxygens (including phenoxy) is 4. The second-order valence-electron chi connectivity index (χ2n) is 27.3. The fraction of sp³-hybridized carbons (Fsp3) is 0.663. The van der Waals surface area contributed by atoms with Crippen molar-refractivity contribution in [1.29, 1.82) is 0 Å². The summed E-state index contributed by atoms with van der Waals surface area (Å²) in [5.41, 5.74) is 0. The molecule has 17 nitrogen and oxygen atoms in total. The summed E-state index contributed by atoms with van der Waals surface area (Å²) in [5.74, 6) is -2.32. The number of carbonyl (C=O) groups excluding carboxylic acids is 4. The molecule has 0 aromatic carbocycles. The topological polar surface area (TPSA) is 237 Å². The van der Waals surface area contributed by atoms with Gasteiger partial charge in [-0.15, -0.1) is 0 Å². The van der Waals surface area contributed by atoms with Gasteiger partial charge in [0.25, 0.3) is 0 Å². The zero-order valence-electron chi connectivity index (χ0n) is 67.5. The lowest BCUT2D eigenvalue weighted by Crippen LogP contribution is -2.30. The van der Waals surface area contributed by atoms with Crippen molar-refractivity contribution in [3.05, 3.63) is 158 Å². The summed E-state index contributed by atoms with van der Waals surface area (Å²) in [5, 5.41) is 10.7. The highest BCUT2D eigenvalue weighted by Crippen LogP contribution is 2.45. The van der Waals surface area contributed by atoms with Gasteiger partial charge in [-0.2, -0.15) is 0 Å². The van der Waals surface area contributed by atoms with Crippen LogP contribution in [-0.4, -0.2) is 96.7 Å². The molecule has 108 heavy (non-hydrogen) atoms. The van der Waals surface area contributed by atoms with E-state index in [0.717, 1.165) is 173 Å². The van der Waals surface area contributed by atoms with Gasteiger partial charge in [0.2, 0.25) is 0 Å². The molecular weight excluding hydrogens is 1400 g/mol. The molecule has 0 heterocycles. The number of hydrogen-bond donors (Lipinski definition) is 3. The number of hydrogen-bond acceptors (Lipinski definition) is 15. The largest absolute Gasteiger partial charge is 0.472 e. The first-order valence-electron chi connectivity index (χ1n) is 41.7. The van der Waals surface area contributed by atoms with Crippen LogP contribution in [-0.2, 0) is 65.4 Å². The molecule has 0 radical (unpaired) electrons. The highest BCUT2D eigenvalue weighted by Gasteiger charge is 2.30. The van der Waals surface area contributed by atoms with Crippen LogP contribution >= 0.6 is 15.6 Å². The fourth-order valence-corrected chi connectivity index (χ4v) is 12.3. The summed E-state index contributed by atoms with van der Waals surface area (Å²) >= 11 is 0. The van der Waals surface area contributed by atoms with Crippen LogP contribution in [0.5, 0.6) is 0 Å². The maximum atomic E-state index is 13.1. The van der Waals surface area contributed by atoms with E-state index < -0.39 is 97.5 Å². The molecule has 0 rings (SSSR count). The third-order valence-electron chi connectivity index (χ3n) is 17.0. The van der Waals surface area contributed by atoms with E-state index in [1.807, 2.05) is 18.2 Å². The van der Waals surface area contributed by atoms with Crippen molar-refractivity contribution in [3.63, 3.8) is 0 Å². The van der Waals surface area contributed by atoms with Gasteiger partial charge in [0.05, 0.1) is 26.4 Å². The molecule has 0 fully saturated rings. The predicted octanol–water partition coefficient (Wildman–Crippen LogP) is 24.8. The van der Waals surface area contributed by atoms with Crippen molar-refractivity contribution in [2.75, 3.05) is 39.6 Å². The number of aliphatic hydroxyl groups excluding tert-OH is 1. The molecule has 2 unspecified atom stereocenters. The molecule has 0 amide bonds.